The lowest BCUT2D eigenvalue weighted by atomic mass is 10.3. The molecule has 1 aromatic carbocycles. The number of methoxy groups -OCH3 is 1. The average Bonchev–Trinajstić information content (AvgIpc) is 2.18. The fourth-order valence-electron chi connectivity index (χ4n) is 1.08. The highest BCUT2D eigenvalue weighted by atomic mass is 33.4. The summed E-state index contributed by atoms with van der Waals surface area (Å²) in [7, 11) is 7.19. The Hall–Kier alpha value is 0.850. The summed E-state index contributed by atoms with van der Waals surface area (Å²) in [5.41, 5.74) is 0. The van der Waals surface area contributed by atoms with Gasteiger partial charge in [-0.15, -0.1) is 11.7 Å². The first kappa shape index (κ1) is 11.3. The molecule has 0 saturated carbocycles. The summed E-state index contributed by atoms with van der Waals surface area (Å²) >= 11 is 4.27. The van der Waals surface area contributed by atoms with Gasteiger partial charge in [-0.25, -0.2) is 0 Å². The van der Waals surface area contributed by atoms with E-state index in [1.165, 1.54) is 5.30 Å². The predicted octanol–water partition coefficient (Wildman–Crippen LogP) is 3.97. The summed E-state index contributed by atoms with van der Waals surface area (Å²) in [4.78, 5) is 0. The Bertz CT molecular complexity index is 303. The van der Waals surface area contributed by atoms with Crippen molar-refractivity contribution in [3.8, 4) is 5.75 Å². The first-order chi connectivity index (χ1) is 6.85. The van der Waals surface area contributed by atoms with Crippen LogP contribution in [0.5, 0.6) is 5.75 Å². The van der Waals surface area contributed by atoms with Crippen LogP contribution in [0.15, 0.2) is 24.3 Å². The summed E-state index contributed by atoms with van der Waals surface area (Å²) in [6, 6.07) is 8.38. The maximum absolute atomic E-state index is 5.13. The molecule has 76 valence electrons. The Morgan fingerprint density at radius 1 is 1.43 bits per heavy atom. The van der Waals surface area contributed by atoms with Gasteiger partial charge < -0.3 is 4.74 Å². The van der Waals surface area contributed by atoms with Crippen molar-refractivity contribution in [1.82, 2.24) is 0 Å². The van der Waals surface area contributed by atoms with E-state index in [1.54, 1.807) is 17.9 Å². The van der Waals surface area contributed by atoms with Crippen LogP contribution in [0.3, 0.4) is 0 Å². The van der Waals surface area contributed by atoms with Crippen LogP contribution in [0, 0.1) is 0 Å². The van der Waals surface area contributed by atoms with Gasteiger partial charge in [0.2, 0.25) is 0 Å². The molecule has 1 aliphatic heterocycles. The summed E-state index contributed by atoms with van der Waals surface area (Å²) in [6.45, 7) is 0. The molecule has 0 radical (unpaired) electrons. The zero-order valence-electron chi connectivity index (χ0n) is 7.41. The molecule has 1 fully saturated rings. The Morgan fingerprint density at radius 3 is 2.57 bits per heavy atom. The van der Waals surface area contributed by atoms with Crippen LogP contribution in [-0.2, 0) is 0 Å². The minimum atomic E-state index is -0.0632. The maximum Gasteiger partial charge on any atom is 0.118 e. The lowest BCUT2D eigenvalue weighted by molar-refractivity contribution is 0.415. The first-order valence-corrected chi connectivity index (χ1v) is 10.1. The Labute approximate surface area is 102 Å². The van der Waals surface area contributed by atoms with Crippen molar-refractivity contribution in [3.05, 3.63) is 24.3 Å². The van der Waals surface area contributed by atoms with Crippen molar-refractivity contribution >= 4 is 56.1 Å². The molecular formula is C8H9OPS4. The van der Waals surface area contributed by atoms with E-state index in [0.29, 0.717) is 4.32 Å². The Kier molecular flexibility index (Phi) is 4.26. The summed E-state index contributed by atoms with van der Waals surface area (Å²) in [5.74, 6) is 0.928. The van der Waals surface area contributed by atoms with Gasteiger partial charge in [0.05, 0.1) is 7.11 Å². The zero-order chi connectivity index (χ0) is 9.97. The molecule has 2 unspecified atom stereocenters. The number of hydrogen-bond acceptors (Lipinski definition) is 5. The van der Waals surface area contributed by atoms with Gasteiger partial charge in [-0.2, -0.15) is 0 Å². The SMILES string of the molecule is COc1ccc(P2SSC2SS)cc1. The van der Waals surface area contributed by atoms with Crippen molar-refractivity contribution in [2.75, 3.05) is 7.11 Å². The van der Waals surface area contributed by atoms with Crippen LogP contribution < -0.4 is 10.0 Å². The minimum Gasteiger partial charge on any atom is -0.497 e. The van der Waals surface area contributed by atoms with E-state index in [0.717, 1.165) is 5.75 Å². The van der Waals surface area contributed by atoms with E-state index < -0.39 is 0 Å². The number of benzene rings is 1. The largest absolute Gasteiger partial charge is 0.497 e. The van der Waals surface area contributed by atoms with Gasteiger partial charge in [0.1, 0.15) is 10.1 Å². The van der Waals surface area contributed by atoms with Crippen LogP contribution in [0.2, 0.25) is 0 Å². The third-order valence-corrected chi connectivity index (χ3v) is 14.0. The predicted molar refractivity (Wildman–Crippen MR) is 75.1 cm³/mol. The third-order valence-electron chi connectivity index (χ3n) is 1.81. The Balaban J connectivity index is 2.09. The number of hydrogen-bond donors (Lipinski definition) is 1. The van der Waals surface area contributed by atoms with Gasteiger partial charge in [-0.1, -0.05) is 32.0 Å². The van der Waals surface area contributed by atoms with Crippen molar-refractivity contribution in [2.45, 2.75) is 4.32 Å². The molecular weight excluding hydrogens is 271 g/mol. The normalized spacial score (nSPS) is 25.6. The molecule has 0 aromatic heterocycles. The van der Waals surface area contributed by atoms with Crippen molar-refractivity contribution in [1.29, 1.82) is 0 Å². The number of rotatable bonds is 3. The first-order valence-electron chi connectivity index (χ1n) is 3.92. The van der Waals surface area contributed by atoms with Gasteiger partial charge in [0, 0.05) is 7.12 Å². The second kappa shape index (κ2) is 5.26. The molecule has 1 nitrogen and oxygen atoms in total. The van der Waals surface area contributed by atoms with Crippen molar-refractivity contribution < 1.29 is 4.74 Å². The summed E-state index contributed by atoms with van der Waals surface area (Å²) < 4.78 is 5.77. The highest BCUT2D eigenvalue weighted by Gasteiger charge is 2.34. The quantitative estimate of drug-likeness (QED) is 0.509. The van der Waals surface area contributed by atoms with E-state index in [4.69, 9.17) is 4.74 Å². The van der Waals surface area contributed by atoms with Crippen molar-refractivity contribution in [3.63, 3.8) is 0 Å². The topological polar surface area (TPSA) is 9.23 Å². The highest BCUT2D eigenvalue weighted by molar-refractivity contribution is 9.10. The number of ether oxygens (including phenoxy) is 1. The summed E-state index contributed by atoms with van der Waals surface area (Å²) in [6.07, 6.45) is 0. The van der Waals surface area contributed by atoms with Gasteiger partial charge >= 0.3 is 0 Å². The van der Waals surface area contributed by atoms with Crippen LogP contribution in [0.25, 0.3) is 0 Å². The van der Waals surface area contributed by atoms with E-state index in [-0.39, 0.29) is 7.12 Å². The van der Waals surface area contributed by atoms with Crippen LogP contribution >= 0.6 is 50.8 Å². The van der Waals surface area contributed by atoms with E-state index in [9.17, 15) is 0 Å². The lowest BCUT2D eigenvalue weighted by Crippen LogP contribution is -2.09. The fraction of sp³-hybridized carbons (Fsp3) is 0.250. The molecule has 6 heteroatoms. The molecule has 14 heavy (non-hydrogen) atoms. The van der Waals surface area contributed by atoms with E-state index >= 15 is 0 Å². The second-order valence-electron chi connectivity index (χ2n) is 2.61. The molecule has 0 N–H and O–H groups in total. The highest BCUT2D eigenvalue weighted by Crippen LogP contribution is 2.77. The minimum absolute atomic E-state index is 0.0632. The Morgan fingerprint density at radius 2 is 2.14 bits per heavy atom. The molecule has 1 aromatic rings. The standard InChI is InChI=1S/C8H9OPS4/c1-9-6-2-4-7(5-3-6)10-8(12-11)13-14-10/h2-5,8,11H,1H3. The van der Waals surface area contributed by atoms with Gasteiger partial charge in [-0.3, -0.25) is 0 Å². The maximum atomic E-state index is 5.13. The van der Waals surface area contributed by atoms with Crippen LogP contribution in [0.4, 0.5) is 0 Å². The molecule has 0 bridgehead atoms. The van der Waals surface area contributed by atoms with E-state index in [2.05, 4.69) is 23.8 Å². The average molecular weight is 280 g/mol. The van der Waals surface area contributed by atoms with Gasteiger partial charge in [0.25, 0.3) is 0 Å². The molecule has 1 saturated heterocycles. The van der Waals surface area contributed by atoms with Gasteiger partial charge in [-0.05, 0) is 29.6 Å². The molecule has 2 atom stereocenters. The molecule has 1 heterocycles. The smallest absolute Gasteiger partial charge is 0.118 e. The fourth-order valence-corrected chi connectivity index (χ4v) is 12.6. The molecule has 1 aliphatic rings. The monoisotopic (exact) mass is 280 g/mol. The second-order valence-corrected chi connectivity index (χ2v) is 11.0. The summed E-state index contributed by atoms with van der Waals surface area (Å²) in [5, 5.41) is 1.43. The van der Waals surface area contributed by atoms with E-state index in [1.807, 2.05) is 33.3 Å². The van der Waals surface area contributed by atoms with Crippen LogP contribution in [-0.4, -0.2) is 11.4 Å². The third kappa shape index (κ3) is 2.33. The molecule has 2 rings (SSSR count). The van der Waals surface area contributed by atoms with Crippen molar-refractivity contribution in [2.24, 2.45) is 0 Å². The zero-order valence-corrected chi connectivity index (χ0v) is 11.7. The molecule has 0 aliphatic carbocycles. The lowest BCUT2D eigenvalue weighted by Gasteiger charge is -2.32. The number of thiol groups is 1. The van der Waals surface area contributed by atoms with Gasteiger partial charge in [0.15, 0.2) is 0 Å². The molecule has 0 spiro atoms. The molecule has 0 amide bonds. The van der Waals surface area contributed by atoms with Crippen LogP contribution in [0.1, 0.15) is 0 Å².